The van der Waals surface area contributed by atoms with E-state index in [-0.39, 0.29) is 46.9 Å². The van der Waals surface area contributed by atoms with Crippen molar-refractivity contribution in [2.75, 3.05) is 31.1 Å². The van der Waals surface area contributed by atoms with Crippen LogP contribution in [0.2, 0.25) is 5.02 Å². The lowest BCUT2D eigenvalue weighted by Crippen LogP contribution is -2.48. The number of amides is 4. The van der Waals surface area contributed by atoms with E-state index in [2.05, 4.69) is 0 Å². The Labute approximate surface area is 327 Å². The molecular weight excluding hydrogens is 739 g/mol. The van der Waals surface area contributed by atoms with Gasteiger partial charge in [-0.05, 0) is 97.5 Å². The predicted octanol–water partition coefficient (Wildman–Crippen LogP) is 7.82. The third-order valence-corrected chi connectivity index (χ3v) is 12.3. The Hall–Kier alpha value is -5.94. The molecule has 3 fully saturated rings. The summed E-state index contributed by atoms with van der Waals surface area (Å²) in [5.41, 5.74) is 2.14. The number of allylic oxidation sites excluding steroid dienone is 2. The number of imide groups is 2. The second-order valence-corrected chi connectivity index (χ2v) is 15.1. The molecule has 4 amide bonds. The summed E-state index contributed by atoms with van der Waals surface area (Å²) in [6.07, 6.45) is 6.09. The first kappa shape index (κ1) is 37.0. The van der Waals surface area contributed by atoms with E-state index in [1.807, 2.05) is 48.6 Å². The fourth-order valence-electron chi connectivity index (χ4n) is 9.30. The minimum absolute atomic E-state index is 0.127. The first-order valence-corrected chi connectivity index (χ1v) is 18.6. The van der Waals surface area contributed by atoms with Crippen LogP contribution >= 0.6 is 11.6 Å². The lowest BCUT2D eigenvalue weighted by atomic mass is 9.51. The Morgan fingerprint density at radius 2 is 1.50 bits per heavy atom. The number of fused-ring (bicyclic) bond motifs is 4. The summed E-state index contributed by atoms with van der Waals surface area (Å²) in [4.78, 5) is 60.1. The van der Waals surface area contributed by atoms with Gasteiger partial charge < -0.3 is 19.3 Å². The smallest absolute Gasteiger partial charge is 0.241 e. The van der Waals surface area contributed by atoms with Crippen molar-refractivity contribution in [3.05, 3.63) is 118 Å². The molecular formula is C44H38ClFN2O8. The number of aromatic hydroxyl groups is 1. The molecule has 0 radical (unpaired) electrons. The molecule has 0 bridgehead atoms. The highest BCUT2D eigenvalue weighted by atomic mass is 35.5. The fraction of sp³-hybridized carbons (Fsp3) is 0.273. The topological polar surface area (TPSA) is 123 Å². The Morgan fingerprint density at radius 1 is 0.786 bits per heavy atom. The molecule has 1 saturated carbocycles. The van der Waals surface area contributed by atoms with Crippen molar-refractivity contribution in [1.82, 2.24) is 0 Å². The highest BCUT2D eigenvalue weighted by molar-refractivity contribution is 6.32. The lowest BCUT2D eigenvalue weighted by molar-refractivity contribution is -0.131. The first-order chi connectivity index (χ1) is 26.9. The van der Waals surface area contributed by atoms with Crippen molar-refractivity contribution in [3.63, 3.8) is 0 Å². The Balaban J connectivity index is 1.14. The number of benzene rings is 4. The summed E-state index contributed by atoms with van der Waals surface area (Å²) in [7, 11) is 4.61. The zero-order valence-electron chi connectivity index (χ0n) is 31.0. The standard InChI is InChI=1S/C44H38ClFN2O8/c1-44-32(41(51)48(43(44)53)27-12-16-34(46)33(45)21-27)22-31-29(39(44)25-9-17-37(56-4)35(49)20-25)14-15-30-38(31)42(52)47(40(30)50)26-10-6-23(7-11-26)5-8-24-19-28(54-2)13-18-36(24)55-3/h5-14,16-21,30-32,38-39,49H,15,22H2,1-4H3/t30-,31+,32-,38-,39-,44+/m0/s1. The quantitative estimate of drug-likeness (QED) is 0.109. The molecule has 56 heavy (non-hydrogen) atoms. The van der Waals surface area contributed by atoms with E-state index in [4.69, 9.17) is 25.8 Å². The molecule has 12 heteroatoms. The molecule has 6 atom stereocenters. The minimum Gasteiger partial charge on any atom is -0.504 e. The number of phenols is 1. The van der Waals surface area contributed by atoms with Crippen LogP contribution in [0.4, 0.5) is 15.8 Å². The van der Waals surface area contributed by atoms with Crippen LogP contribution in [0.5, 0.6) is 23.0 Å². The first-order valence-electron chi connectivity index (χ1n) is 18.2. The van der Waals surface area contributed by atoms with Gasteiger partial charge in [0.1, 0.15) is 17.3 Å². The zero-order valence-corrected chi connectivity index (χ0v) is 31.7. The number of hydrogen-bond donors (Lipinski definition) is 1. The number of carbonyl (C=O) groups excluding carboxylic acids is 4. The van der Waals surface area contributed by atoms with E-state index >= 15 is 0 Å². The van der Waals surface area contributed by atoms with Crippen molar-refractivity contribution in [3.8, 4) is 23.0 Å². The van der Waals surface area contributed by atoms with Gasteiger partial charge in [-0.25, -0.2) is 9.29 Å². The molecule has 1 N–H and O–H groups in total. The largest absolute Gasteiger partial charge is 0.504 e. The number of rotatable bonds is 8. The Kier molecular flexibility index (Phi) is 9.23. The van der Waals surface area contributed by atoms with Gasteiger partial charge in [0, 0.05) is 11.5 Å². The minimum atomic E-state index is -1.36. The van der Waals surface area contributed by atoms with E-state index in [0.717, 1.165) is 27.7 Å². The van der Waals surface area contributed by atoms with Crippen LogP contribution in [-0.4, -0.2) is 50.1 Å². The summed E-state index contributed by atoms with van der Waals surface area (Å²) < 4.78 is 30.3. The van der Waals surface area contributed by atoms with Gasteiger partial charge in [0.25, 0.3) is 0 Å². The van der Waals surface area contributed by atoms with E-state index in [1.54, 1.807) is 45.4 Å². The third kappa shape index (κ3) is 5.67. The summed E-state index contributed by atoms with van der Waals surface area (Å²) in [6, 6.07) is 21.1. The van der Waals surface area contributed by atoms with Crippen LogP contribution in [0.25, 0.3) is 12.2 Å². The predicted molar refractivity (Wildman–Crippen MR) is 208 cm³/mol. The van der Waals surface area contributed by atoms with Gasteiger partial charge in [-0.1, -0.05) is 53.6 Å². The molecule has 0 unspecified atom stereocenters. The van der Waals surface area contributed by atoms with Gasteiger partial charge in [-0.3, -0.25) is 24.1 Å². The number of ether oxygens (including phenoxy) is 3. The maximum absolute atomic E-state index is 14.6. The maximum atomic E-state index is 14.6. The van der Waals surface area contributed by atoms with Gasteiger partial charge in [0.15, 0.2) is 11.5 Å². The zero-order chi connectivity index (χ0) is 39.6. The highest BCUT2D eigenvalue weighted by Crippen LogP contribution is 2.64. The average molecular weight is 777 g/mol. The molecule has 0 spiro atoms. The normalized spacial score (nSPS) is 25.6. The fourth-order valence-corrected chi connectivity index (χ4v) is 9.47. The molecule has 10 nitrogen and oxygen atoms in total. The lowest BCUT2D eigenvalue weighted by Gasteiger charge is -2.49. The van der Waals surface area contributed by atoms with Crippen LogP contribution in [-0.2, 0) is 19.2 Å². The van der Waals surface area contributed by atoms with Gasteiger partial charge in [0.2, 0.25) is 23.6 Å². The second-order valence-electron chi connectivity index (χ2n) is 14.7. The average Bonchev–Trinajstić information content (AvgIpc) is 3.57. The van der Waals surface area contributed by atoms with Gasteiger partial charge in [0.05, 0.1) is 60.9 Å². The van der Waals surface area contributed by atoms with Crippen LogP contribution in [0.1, 0.15) is 42.4 Å². The molecule has 0 aromatic heterocycles. The maximum Gasteiger partial charge on any atom is 0.241 e. The van der Waals surface area contributed by atoms with E-state index < -0.39 is 52.6 Å². The summed E-state index contributed by atoms with van der Waals surface area (Å²) in [5.74, 6) is -4.70. The number of methoxy groups -OCH3 is 3. The summed E-state index contributed by atoms with van der Waals surface area (Å²) >= 11 is 6.11. The van der Waals surface area contributed by atoms with Crippen LogP contribution in [0, 0.1) is 34.9 Å². The van der Waals surface area contributed by atoms with Crippen LogP contribution in [0.15, 0.2) is 90.5 Å². The van der Waals surface area contributed by atoms with Crippen molar-refractivity contribution in [2.24, 2.45) is 29.1 Å². The number of carbonyl (C=O) groups is 4. The number of nitrogens with zero attached hydrogens (tertiary/aromatic N) is 2. The van der Waals surface area contributed by atoms with Gasteiger partial charge >= 0.3 is 0 Å². The highest BCUT2D eigenvalue weighted by Gasteiger charge is 2.67. The van der Waals surface area contributed by atoms with E-state index in [0.29, 0.717) is 22.7 Å². The number of phenolic OH excluding ortho intramolecular Hbond substituents is 1. The molecule has 8 rings (SSSR count). The van der Waals surface area contributed by atoms with E-state index in [9.17, 15) is 28.7 Å². The van der Waals surface area contributed by atoms with Crippen molar-refractivity contribution < 1.29 is 42.9 Å². The second kappa shape index (κ2) is 14.0. The SMILES string of the molecule is COc1ccc(OC)c(C=Cc2ccc(N3C(=O)[C@H]4[C@H](CC=C5[C@H]4C[C@H]4C(=O)N(c6ccc(F)c(Cl)c6)C(=O)[C@@]4(C)[C@H]5c4ccc(OC)c(O)c4)C3=O)cc2)c1. The van der Waals surface area contributed by atoms with Crippen molar-refractivity contribution in [1.29, 1.82) is 0 Å². The molecule has 2 saturated heterocycles. The van der Waals surface area contributed by atoms with Gasteiger partial charge in [-0.15, -0.1) is 0 Å². The van der Waals surface area contributed by atoms with Gasteiger partial charge in [-0.2, -0.15) is 0 Å². The molecule has 286 valence electrons. The third-order valence-electron chi connectivity index (χ3n) is 12.0. The van der Waals surface area contributed by atoms with Crippen molar-refractivity contribution in [2.45, 2.75) is 25.7 Å². The monoisotopic (exact) mass is 776 g/mol. The van der Waals surface area contributed by atoms with Crippen LogP contribution < -0.4 is 24.0 Å². The number of hydrogen-bond acceptors (Lipinski definition) is 8. The molecule has 4 aromatic carbocycles. The van der Waals surface area contributed by atoms with Crippen LogP contribution in [0.3, 0.4) is 0 Å². The summed E-state index contributed by atoms with van der Waals surface area (Å²) in [6.45, 7) is 1.73. The number of halogens is 2. The molecule has 2 aliphatic heterocycles. The molecule has 4 aliphatic rings. The van der Waals surface area contributed by atoms with E-state index in [1.165, 1.54) is 30.2 Å². The number of anilines is 2. The summed E-state index contributed by atoms with van der Waals surface area (Å²) in [5, 5.41) is 10.7. The van der Waals surface area contributed by atoms with Crippen molar-refractivity contribution >= 4 is 58.8 Å². The molecule has 4 aromatic rings. The molecule has 2 aliphatic carbocycles. The Bertz CT molecular complexity index is 2380. The Morgan fingerprint density at radius 3 is 2.18 bits per heavy atom. The molecule has 2 heterocycles.